The summed E-state index contributed by atoms with van der Waals surface area (Å²) in [5.41, 5.74) is 4.74. The van der Waals surface area contributed by atoms with Gasteiger partial charge >= 0.3 is 5.97 Å². The maximum Gasteiger partial charge on any atom is 0.338 e. The van der Waals surface area contributed by atoms with Gasteiger partial charge in [0.15, 0.2) is 23.2 Å². The highest BCUT2D eigenvalue weighted by Gasteiger charge is 2.32. The number of hydrazone groups is 1. The Hall–Kier alpha value is -3.64. The molecule has 0 saturated carbocycles. The summed E-state index contributed by atoms with van der Waals surface area (Å²) in [5.74, 6) is 0.629. The first kappa shape index (κ1) is 30.9. The lowest BCUT2D eigenvalue weighted by atomic mass is 9.95. The molecule has 0 aliphatic carbocycles. The Morgan fingerprint density at radius 3 is 2.60 bits per heavy atom. The number of carbonyl (C=O) groups excluding carboxylic acids is 2. The number of para-hydroxylation sites is 1. The Morgan fingerprint density at radius 2 is 1.90 bits per heavy atom. The van der Waals surface area contributed by atoms with Gasteiger partial charge in [-0.3, -0.25) is 4.79 Å². The molecule has 3 N–H and O–H groups in total. The van der Waals surface area contributed by atoms with Gasteiger partial charge in [-0.15, -0.1) is 0 Å². The molecule has 0 saturated heterocycles. The molecule has 0 spiro atoms. The van der Waals surface area contributed by atoms with E-state index in [0.29, 0.717) is 55.8 Å². The van der Waals surface area contributed by atoms with Crippen molar-refractivity contribution in [3.63, 3.8) is 0 Å². The lowest BCUT2D eigenvalue weighted by molar-refractivity contribution is -0.139. The van der Waals surface area contributed by atoms with E-state index in [0.717, 1.165) is 0 Å². The molecule has 1 aliphatic rings. The second kappa shape index (κ2) is 14.7. The molecule has 214 valence electrons. The van der Waals surface area contributed by atoms with E-state index >= 15 is 0 Å². The second-order valence-electron chi connectivity index (χ2n) is 8.84. The minimum absolute atomic E-state index is 0.0293. The minimum Gasteiger partial charge on any atom is -0.490 e. The monoisotopic (exact) mass is 632 g/mol. The molecule has 2 aromatic rings. The number of benzene rings is 2. The zero-order valence-electron chi connectivity index (χ0n) is 23.0. The fourth-order valence-electron chi connectivity index (χ4n) is 3.89. The van der Waals surface area contributed by atoms with E-state index in [4.69, 9.17) is 31.2 Å². The number of nitrogens with zero attached hydrogens (tertiary/aromatic N) is 1. The number of esters is 1. The maximum atomic E-state index is 12.7. The Labute approximate surface area is 247 Å². The van der Waals surface area contributed by atoms with Crippen molar-refractivity contribution in [2.24, 2.45) is 5.10 Å². The fraction of sp³-hybridized carbons (Fsp3) is 0.357. The molecular formula is C28H33BrN4O6S. The third-order valence-corrected chi connectivity index (χ3v) is 6.25. The third-order valence-electron chi connectivity index (χ3n) is 5.44. The number of allylic oxidation sites excluding steroid dienone is 1. The van der Waals surface area contributed by atoms with Crippen LogP contribution in [0.3, 0.4) is 0 Å². The average molecular weight is 634 g/mol. The molecule has 1 heterocycles. The van der Waals surface area contributed by atoms with E-state index in [-0.39, 0.29) is 19.3 Å². The molecule has 1 aliphatic heterocycles. The highest BCUT2D eigenvalue weighted by atomic mass is 79.9. The van der Waals surface area contributed by atoms with Gasteiger partial charge < -0.3 is 29.6 Å². The van der Waals surface area contributed by atoms with Gasteiger partial charge in [0, 0.05) is 11.3 Å². The first-order valence-electron chi connectivity index (χ1n) is 12.8. The van der Waals surface area contributed by atoms with E-state index in [2.05, 4.69) is 37.1 Å². The number of thiocarbonyl (C=S) groups is 1. The normalized spacial score (nSPS) is 15.0. The zero-order chi connectivity index (χ0) is 29.2. The number of halogens is 1. The lowest BCUT2D eigenvalue weighted by Gasteiger charge is -2.30. The summed E-state index contributed by atoms with van der Waals surface area (Å²) >= 11 is 8.82. The van der Waals surface area contributed by atoms with Gasteiger partial charge in [0.05, 0.1) is 41.6 Å². The summed E-state index contributed by atoms with van der Waals surface area (Å²) in [5, 5.41) is 10.5. The molecule has 10 nitrogen and oxygen atoms in total. The summed E-state index contributed by atoms with van der Waals surface area (Å²) in [6.07, 6.45) is 1.47. The van der Waals surface area contributed by atoms with E-state index in [9.17, 15) is 9.59 Å². The van der Waals surface area contributed by atoms with Crippen molar-refractivity contribution in [2.45, 2.75) is 46.8 Å². The molecule has 0 bridgehead atoms. The standard InChI is InChI=1S/C28H33BrN4O6S/c1-6-36-22-13-18(12-20(29)26(22)39-16(3)4)14-30-33-23(34)15-38-21-11-9-8-10-19(21)25-24(27(35)37-7-2)17(5)31-28(40)32-25/h8-14,16,25H,6-7,15H2,1-5H3,(H,33,34)(H2,31,32,40)/t25-/m1/s1. The van der Waals surface area contributed by atoms with Gasteiger partial charge in [-0.2, -0.15) is 5.10 Å². The second-order valence-corrected chi connectivity index (χ2v) is 10.1. The molecule has 1 amide bonds. The van der Waals surface area contributed by atoms with Crippen LogP contribution in [0.4, 0.5) is 0 Å². The molecule has 0 unspecified atom stereocenters. The quantitative estimate of drug-likeness (QED) is 0.134. The summed E-state index contributed by atoms with van der Waals surface area (Å²) < 4.78 is 23.3. The number of rotatable bonds is 12. The minimum atomic E-state index is -0.620. The Kier molecular flexibility index (Phi) is 11.3. The molecule has 1 atom stereocenters. The highest BCUT2D eigenvalue weighted by molar-refractivity contribution is 9.10. The van der Waals surface area contributed by atoms with Crippen LogP contribution < -0.4 is 30.3 Å². The number of nitrogens with one attached hydrogen (secondary N) is 3. The smallest absolute Gasteiger partial charge is 0.338 e. The van der Waals surface area contributed by atoms with E-state index < -0.39 is 17.9 Å². The molecule has 2 aromatic carbocycles. The van der Waals surface area contributed by atoms with Crippen molar-refractivity contribution in [3.8, 4) is 17.2 Å². The van der Waals surface area contributed by atoms with Crippen LogP contribution in [-0.2, 0) is 14.3 Å². The molecule has 0 fully saturated rings. The van der Waals surface area contributed by atoms with Crippen molar-refractivity contribution in [3.05, 3.63) is 63.3 Å². The van der Waals surface area contributed by atoms with Gasteiger partial charge in [0.2, 0.25) is 0 Å². The summed E-state index contributed by atoms with van der Waals surface area (Å²) in [4.78, 5) is 25.2. The summed E-state index contributed by atoms with van der Waals surface area (Å²) in [6.45, 7) is 9.62. The van der Waals surface area contributed by atoms with Crippen LogP contribution in [0.2, 0.25) is 0 Å². The average Bonchev–Trinajstić information content (AvgIpc) is 2.89. The first-order chi connectivity index (χ1) is 19.1. The summed E-state index contributed by atoms with van der Waals surface area (Å²) in [7, 11) is 0. The number of hydrogen-bond donors (Lipinski definition) is 3. The SMILES string of the molecule is CCOC(=O)C1=C(C)NC(=S)N[C@@H]1c1ccccc1OCC(=O)NN=Cc1cc(Br)c(OC(C)C)c(OCC)c1. The predicted molar refractivity (Wildman–Crippen MR) is 160 cm³/mol. The van der Waals surface area contributed by atoms with Gasteiger partial charge in [-0.1, -0.05) is 18.2 Å². The van der Waals surface area contributed by atoms with Crippen molar-refractivity contribution in [2.75, 3.05) is 19.8 Å². The predicted octanol–water partition coefficient (Wildman–Crippen LogP) is 4.52. The van der Waals surface area contributed by atoms with Crippen molar-refractivity contribution < 1.29 is 28.5 Å². The van der Waals surface area contributed by atoms with Crippen molar-refractivity contribution >= 4 is 51.4 Å². The highest BCUT2D eigenvalue weighted by Crippen LogP contribution is 2.37. The van der Waals surface area contributed by atoms with Gasteiger partial charge in [-0.05, 0) is 86.5 Å². The molecule has 0 aromatic heterocycles. The molecule has 12 heteroatoms. The topological polar surface area (TPSA) is 120 Å². The Balaban J connectivity index is 1.70. The molecule has 3 rings (SSSR count). The largest absolute Gasteiger partial charge is 0.490 e. The van der Waals surface area contributed by atoms with Crippen molar-refractivity contribution in [1.82, 2.24) is 16.1 Å². The van der Waals surface area contributed by atoms with Gasteiger partial charge in [0.25, 0.3) is 5.91 Å². The van der Waals surface area contributed by atoms with Crippen LogP contribution in [0.1, 0.15) is 51.8 Å². The number of amides is 1. The van der Waals surface area contributed by atoms with Gasteiger partial charge in [-0.25, -0.2) is 10.2 Å². The van der Waals surface area contributed by atoms with Crippen LogP contribution >= 0.6 is 28.1 Å². The number of ether oxygens (including phenoxy) is 4. The van der Waals surface area contributed by atoms with Crippen molar-refractivity contribution in [1.29, 1.82) is 0 Å². The Morgan fingerprint density at radius 1 is 1.15 bits per heavy atom. The molecule has 0 radical (unpaired) electrons. The molecular weight excluding hydrogens is 600 g/mol. The van der Waals surface area contributed by atoms with Crippen LogP contribution in [-0.4, -0.2) is 49.1 Å². The fourth-order valence-corrected chi connectivity index (χ4v) is 4.71. The van der Waals surface area contributed by atoms with Crippen LogP contribution in [0.25, 0.3) is 0 Å². The maximum absolute atomic E-state index is 12.7. The zero-order valence-corrected chi connectivity index (χ0v) is 25.4. The third kappa shape index (κ3) is 8.18. The number of hydrogen-bond acceptors (Lipinski definition) is 8. The number of carbonyl (C=O) groups is 2. The van der Waals surface area contributed by atoms with E-state index in [1.54, 1.807) is 38.1 Å². The Bertz CT molecular complexity index is 1310. The van der Waals surface area contributed by atoms with Crippen LogP contribution in [0, 0.1) is 0 Å². The molecule has 40 heavy (non-hydrogen) atoms. The van der Waals surface area contributed by atoms with Gasteiger partial charge in [0.1, 0.15) is 5.75 Å². The van der Waals surface area contributed by atoms with Crippen LogP contribution in [0.5, 0.6) is 17.2 Å². The lowest BCUT2D eigenvalue weighted by Crippen LogP contribution is -2.45. The summed E-state index contributed by atoms with van der Waals surface area (Å²) in [6, 6.07) is 10.1. The van der Waals surface area contributed by atoms with Crippen LogP contribution in [0.15, 0.2) is 57.2 Å². The van der Waals surface area contributed by atoms with E-state index in [1.807, 2.05) is 32.9 Å². The van der Waals surface area contributed by atoms with E-state index in [1.165, 1.54) is 6.21 Å². The first-order valence-corrected chi connectivity index (χ1v) is 14.0.